The van der Waals surface area contributed by atoms with Crippen molar-refractivity contribution in [2.24, 2.45) is 5.73 Å². The predicted octanol–water partition coefficient (Wildman–Crippen LogP) is 3.31. The van der Waals surface area contributed by atoms with Crippen molar-refractivity contribution in [3.05, 3.63) is 46.1 Å². The van der Waals surface area contributed by atoms with Gasteiger partial charge in [0, 0.05) is 23.6 Å². The van der Waals surface area contributed by atoms with Crippen molar-refractivity contribution in [3.8, 4) is 18.1 Å². The van der Waals surface area contributed by atoms with Crippen LogP contribution in [0.5, 0.6) is 5.75 Å². The summed E-state index contributed by atoms with van der Waals surface area (Å²) in [6, 6.07) is 5.59. The van der Waals surface area contributed by atoms with E-state index in [0.29, 0.717) is 11.4 Å². The molecule has 1 aliphatic rings. The summed E-state index contributed by atoms with van der Waals surface area (Å²) < 4.78 is 7.50. The van der Waals surface area contributed by atoms with Crippen molar-refractivity contribution < 1.29 is 4.74 Å². The summed E-state index contributed by atoms with van der Waals surface area (Å²) in [6.45, 7) is 0.772. The van der Waals surface area contributed by atoms with Crippen LogP contribution in [0.25, 0.3) is 11.8 Å². The summed E-state index contributed by atoms with van der Waals surface area (Å²) in [5, 5.41) is 3.37. The molecule has 4 nitrogen and oxygen atoms in total. The average Bonchev–Trinajstić information content (AvgIpc) is 2.99. The van der Waals surface area contributed by atoms with Crippen LogP contribution in [-0.4, -0.2) is 16.7 Å². The first kappa shape index (κ1) is 19.5. The number of methoxy groups -OCH3 is 1. The minimum atomic E-state index is 0.659. The van der Waals surface area contributed by atoms with Gasteiger partial charge in [-0.15, -0.1) is 12.3 Å². The van der Waals surface area contributed by atoms with Gasteiger partial charge in [0.1, 0.15) is 11.1 Å². The summed E-state index contributed by atoms with van der Waals surface area (Å²) in [7, 11) is 1.64. The molecule has 1 aromatic heterocycles. The maximum atomic E-state index is 6.40. The number of hydrogen-bond donors (Lipinski definition) is 1. The van der Waals surface area contributed by atoms with E-state index in [1.807, 2.05) is 18.2 Å². The maximum Gasteiger partial charge on any atom is 0.174 e. The third-order valence-electron chi connectivity index (χ3n) is 4.29. The normalized spacial score (nSPS) is 17.7. The number of nitrogens with two attached hydrogens (primary N) is 1. The van der Waals surface area contributed by atoms with E-state index in [-0.39, 0.29) is 0 Å². The highest BCUT2D eigenvalue weighted by atomic mass is 35.5. The molecule has 0 saturated carbocycles. The molecule has 3 rings (SSSR count). The largest absolute Gasteiger partial charge is 0.497 e. The summed E-state index contributed by atoms with van der Waals surface area (Å²) >= 11 is 7.91. The summed E-state index contributed by atoms with van der Waals surface area (Å²) in [4.78, 5) is 5.74. The predicted molar refractivity (Wildman–Crippen MR) is 112 cm³/mol. The Labute approximate surface area is 168 Å². The molecule has 0 amide bonds. The number of fused-ring (bicyclic) bond motifs is 1. The van der Waals surface area contributed by atoms with Crippen LogP contribution >= 0.6 is 23.4 Å². The van der Waals surface area contributed by atoms with Gasteiger partial charge in [0.2, 0.25) is 0 Å². The molecule has 1 aromatic carbocycles. The molecule has 0 saturated heterocycles. The van der Waals surface area contributed by atoms with E-state index in [0.717, 1.165) is 58.0 Å². The Morgan fingerprint density at radius 3 is 3.07 bits per heavy atom. The highest BCUT2D eigenvalue weighted by molar-refractivity contribution is 7.99. The van der Waals surface area contributed by atoms with Gasteiger partial charge in [-0.25, -0.2) is 4.98 Å². The standard InChI is InChI=1S/C21H22ClN3OS/c1-3-4-8-13-25-18-10-7-5-6-9-17(23)20(18)24-21(25)27-19-14-15(26-2)11-12-16(19)22/h1,5,7,10-12,14H,4,6,8-9,13,23H2,2H3/b7-5+,18-10+,20-17-. The van der Waals surface area contributed by atoms with Gasteiger partial charge in [-0.2, -0.15) is 0 Å². The Hall–Kier alpha value is -2.29. The Balaban J connectivity index is 2.11. The van der Waals surface area contributed by atoms with Crippen LogP contribution in [0.2, 0.25) is 5.02 Å². The third kappa shape index (κ3) is 4.52. The first-order valence-corrected chi connectivity index (χ1v) is 10.0. The Bertz CT molecular complexity index is 1020. The van der Waals surface area contributed by atoms with Gasteiger partial charge in [-0.05, 0) is 55.3 Å². The van der Waals surface area contributed by atoms with Crippen LogP contribution in [-0.2, 0) is 6.54 Å². The lowest BCUT2D eigenvalue weighted by Crippen LogP contribution is -2.34. The molecule has 27 heavy (non-hydrogen) atoms. The van der Waals surface area contributed by atoms with Gasteiger partial charge in [-0.1, -0.05) is 23.8 Å². The summed E-state index contributed by atoms with van der Waals surface area (Å²) in [5.74, 6) is 3.46. The molecular formula is C21H22ClN3OS. The number of rotatable bonds is 6. The van der Waals surface area contributed by atoms with Crippen LogP contribution < -0.4 is 21.2 Å². The molecule has 0 atom stereocenters. The van der Waals surface area contributed by atoms with Crippen molar-refractivity contribution in [1.29, 1.82) is 0 Å². The summed E-state index contributed by atoms with van der Waals surface area (Å²) in [5.41, 5.74) is 7.13. The van der Waals surface area contributed by atoms with Crippen LogP contribution in [0, 0.1) is 12.3 Å². The fraction of sp³-hybridized carbons (Fsp3) is 0.286. The molecule has 0 radical (unpaired) electrons. The molecule has 2 N–H and O–H groups in total. The molecule has 140 valence electrons. The van der Waals surface area contributed by atoms with Gasteiger partial charge < -0.3 is 15.0 Å². The van der Waals surface area contributed by atoms with E-state index in [1.165, 1.54) is 11.8 Å². The van der Waals surface area contributed by atoms with Gasteiger partial charge in [0.15, 0.2) is 5.16 Å². The zero-order valence-corrected chi connectivity index (χ0v) is 16.8. The fourth-order valence-electron chi connectivity index (χ4n) is 2.88. The molecule has 2 aromatic rings. The molecule has 0 aliphatic heterocycles. The lowest BCUT2D eigenvalue weighted by atomic mass is 10.2. The van der Waals surface area contributed by atoms with Crippen LogP contribution in [0.15, 0.2) is 40.4 Å². The SMILES string of the molecule is C#CCCCn1c(Sc2cc(OC)ccc2Cl)nc2/c1=C\C=C\CC\C=2N. The topological polar surface area (TPSA) is 53.1 Å². The van der Waals surface area contributed by atoms with Gasteiger partial charge in [0.05, 0.1) is 17.5 Å². The minimum Gasteiger partial charge on any atom is -0.497 e. The van der Waals surface area contributed by atoms with Gasteiger partial charge in [-0.3, -0.25) is 0 Å². The maximum absolute atomic E-state index is 6.40. The number of nitrogens with zero attached hydrogens (tertiary/aromatic N) is 2. The molecule has 0 unspecified atom stereocenters. The monoisotopic (exact) mass is 399 g/mol. The van der Waals surface area contributed by atoms with Crippen molar-refractivity contribution in [3.63, 3.8) is 0 Å². The van der Waals surface area contributed by atoms with Crippen molar-refractivity contribution in [1.82, 2.24) is 9.55 Å². The Morgan fingerprint density at radius 2 is 2.30 bits per heavy atom. The molecule has 0 spiro atoms. The number of terminal acetylenes is 1. The number of allylic oxidation sites excluding steroid dienone is 2. The lowest BCUT2D eigenvalue weighted by molar-refractivity contribution is 0.413. The highest BCUT2D eigenvalue weighted by Gasteiger charge is 2.14. The number of halogens is 1. The first-order valence-electron chi connectivity index (χ1n) is 8.81. The second kappa shape index (κ2) is 9.07. The molecular weight excluding hydrogens is 378 g/mol. The Kier molecular flexibility index (Phi) is 6.54. The van der Waals surface area contributed by atoms with E-state index >= 15 is 0 Å². The second-order valence-corrected chi connectivity index (χ2v) is 7.56. The highest BCUT2D eigenvalue weighted by Crippen LogP contribution is 2.34. The van der Waals surface area contributed by atoms with Crippen molar-refractivity contribution in [2.75, 3.05) is 7.11 Å². The number of benzene rings is 1. The molecule has 0 bridgehead atoms. The molecule has 1 heterocycles. The summed E-state index contributed by atoms with van der Waals surface area (Å²) in [6.07, 6.45) is 15.0. The van der Waals surface area contributed by atoms with E-state index in [9.17, 15) is 0 Å². The molecule has 1 aliphatic carbocycles. The second-order valence-electron chi connectivity index (χ2n) is 6.14. The average molecular weight is 400 g/mol. The van der Waals surface area contributed by atoms with E-state index in [2.05, 4.69) is 28.7 Å². The third-order valence-corrected chi connectivity index (χ3v) is 5.78. The van der Waals surface area contributed by atoms with E-state index in [4.69, 9.17) is 33.5 Å². The zero-order chi connectivity index (χ0) is 19.2. The van der Waals surface area contributed by atoms with Gasteiger partial charge in [0.25, 0.3) is 0 Å². The lowest BCUT2D eigenvalue weighted by Gasteiger charge is -2.09. The smallest absolute Gasteiger partial charge is 0.174 e. The van der Waals surface area contributed by atoms with E-state index < -0.39 is 0 Å². The molecule has 6 heteroatoms. The van der Waals surface area contributed by atoms with Crippen molar-refractivity contribution in [2.45, 2.75) is 42.3 Å². The molecule has 0 fully saturated rings. The quantitative estimate of drug-likeness (QED) is 0.598. The number of ether oxygens (including phenoxy) is 1. The van der Waals surface area contributed by atoms with Crippen LogP contribution in [0.3, 0.4) is 0 Å². The number of hydrogen-bond acceptors (Lipinski definition) is 4. The fourth-order valence-corrected chi connectivity index (χ4v) is 4.09. The van der Waals surface area contributed by atoms with Crippen LogP contribution in [0.1, 0.15) is 25.7 Å². The van der Waals surface area contributed by atoms with Gasteiger partial charge >= 0.3 is 0 Å². The minimum absolute atomic E-state index is 0.659. The number of aromatic nitrogens is 2. The Morgan fingerprint density at radius 1 is 1.44 bits per heavy atom. The van der Waals surface area contributed by atoms with Crippen molar-refractivity contribution >= 4 is 35.1 Å². The van der Waals surface area contributed by atoms with E-state index in [1.54, 1.807) is 7.11 Å². The number of imidazole rings is 1. The number of unbranched alkanes of at least 4 members (excludes halogenated alkanes) is 1. The van der Waals surface area contributed by atoms with Crippen LogP contribution in [0.4, 0.5) is 0 Å². The first-order chi connectivity index (χ1) is 13.1. The zero-order valence-electron chi connectivity index (χ0n) is 15.2.